The predicted octanol–water partition coefficient (Wildman–Crippen LogP) is 1.34. The van der Waals surface area contributed by atoms with Crippen LogP contribution in [0.1, 0.15) is 31.7 Å². The van der Waals surface area contributed by atoms with Gasteiger partial charge in [-0.1, -0.05) is 13.0 Å². The highest BCUT2D eigenvalue weighted by atomic mass is 16.2. The fraction of sp³-hybridized carbons (Fsp3) is 0.529. The average Bonchev–Trinajstić information content (AvgIpc) is 3.35. The van der Waals surface area contributed by atoms with Gasteiger partial charge in [0.15, 0.2) is 5.82 Å². The molecule has 2 aromatic rings. The number of carbonyl (C=O) groups excluding carboxylic acids is 1. The zero-order valence-electron chi connectivity index (χ0n) is 14.6. The molecule has 134 valence electrons. The minimum absolute atomic E-state index is 0.161. The number of pyridine rings is 1. The summed E-state index contributed by atoms with van der Waals surface area (Å²) in [5.74, 6) is 0.670. The van der Waals surface area contributed by atoms with E-state index in [0.717, 1.165) is 25.1 Å². The first-order chi connectivity index (χ1) is 12.3. The third-order valence-corrected chi connectivity index (χ3v) is 4.57. The lowest BCUT2D eigenvalue weighted by Crippen LogP contribution is -2.45. The molecule has 25 heavy (non-hydrogen) atoms. The monoisotopic (exact) mass is 343 g/mol. The number of urea groups is 1. The molecule has 2 amide bonds. The summed E-state index contributed by atoms with van der Waals surface area (Å²) in [6, 6.07) is 4.02. The Labute approximate surface area is 147 Å². The zero-order valence-corrected chi connectivity index (χ0v) is 14.6. The topological polar surface area (TPSA) is 88.0 Å². The fourth-order valence-corrected chi connectivity index (χ4v) is 3.18. The van der Waals surface area contributed by atoms with E-state index < -0.39 is 0 Å². The Morgan fingerprint density at radius 1 is 1.32 bits per heavy atom. The molecule has 0 aromatic carbocycles. The molecule has 1 aliphatic heterocycles. The number of amides is 2. The van der Waals surface area contributed by atoms with Crippen LogP contribution in [0, 0.1) is 0 Å². The smallest absolute Gasteiger partial charge is 0.315 e. The standard InChI is InChI=1S/C17H25N7O/c1-2-15(23-8-3-4-9-23)11-21-17(25)20-10-14-6-5-7-19-16(14)24-13-18-12-22-24/h5-7,12-13,15H,2-4,8-11H2,1H3,(H2,20,21,25). The first-order valence-corrected chi connectivity index (χ1v) is 8.82. The van der Waals surface area contributed by atoms with Crippen molar-refractivity contribution in [3.8, 4) is 5.82 Å². The molecule has 2 N–H and O–H groups in total. The first kappa shape index (κ1) is 17.3. The average molecular weight is 343 g/mol. The van der Waals surface area contributed by atoms with Crippen LogP contribution in [-0.4, -0.2) is 56.4 Å². The van der Waals surface area contributed by atoms with E-state index in [9.17, 15) is 4.79 Å². The molecule has 1 atom stereocenters. The first-order valence-electron chi connectivity index (χ1n) is 8.82. The van der Waals surface area contributed by atoms with Crippen molar-refractivity contribution in [3.05, 3.63) is 36.5 Å². The maximum atomic E-state index is 12.2. The van der Waals surface area contributed by atoms with Crippen LogP contribution in [0.15, 0.2) is 31.0 Å². The number of hydrogen-bond donors (Lipinski definition) is 2. The Hall–Kier alpha value is -2.48. The minimum atomic E-state index is -0.161. The number of likely N-dealkylation sites (tertiary alicyclic amines) is 1. The van der Waals surface area contributed by atoms with Crippen molar-refractivity contribution < 1.29 is 4.79 Å². The Kier molecular flexibility index (Phi) is 5.95. The molecular formula is C17H25N7O. The fourth-order valence-electron chi connectivity index (χ4n) is 3.18. The van der Waals surface area contributed by atoms with Gasteiger partial charge in [0.1, 0.15) is 12.7 Å². The van der Waals surface area contributed by atoms with Crippen LogP contribution in [-0.2, 0) is 6.54 Å². The van der Waals surface area contributed by atoms with E-state index in [0.29, 0.717) is 24.9 Å². The van der Waals surface area contributed by atoms with Crippen LogP contribution in [0.3, 0.4) is 0 Å². The lowest BCUT2D eigenvalue weighted by atomic mass is 10.2. The van der Waals surface area contributed by atoms with Crippen molar-refractivity contribution in [1.82, 2.24) is 35.3 Å². The SMILES string of the molecule is CCC(CNC(=O)NCc1cccnc1-n1cncn1)N1CCCC1. The van der Waals surface area contributed by atoms with E-state index in [2.05, 4.69) is 37.5 Å². The summed E-state index contributed by atoms with van der Waals surface area (Å²) in [7, 11) is 0. The minimum Gasteiger partial charge on any atom is -0.337 e. The molecule has 3 rings (SSSR count). The van der Waals surface area contributed by atoms with E-state index in [4.69, 9.17) is 0 Å². The second-order valence-corrected chi connectivity index (χ2v) is 6.19. The number of hydrogen-bond acceptors (Lipinski definition) is 5. The van der Waals surface area contributed by atoms with Crippen LogP contribution in [0.5, 0.6) is 0 Å². The van der Waals surface area contributed by atoms with E-state index in [1.54, 1.807) is 17.2 Å². The quantitative estimate of drug-likeness (QED) is 0.792. The van der Waals surface area contributed by atoms with Crippen molar-refractivity contribution in [1.29, 1.82) is 0 Å². The number of carbonyl (C=O) groups is 1. The third kappa shape index (κ3) is 4.54. The van der Waals surface area contributed by atoms with Crippen LogP contribution >= 0.6 is 0 Å². The molecule has 8 heteroatoms. The molecular weight excluding hydrogens is 318 g/mol. The molecule has 0 radical (unpaired) electrons. The largest absolute Gasteiger partial charge is 0.337 e. The maximum absolute atomic E-state index is 12.2. The molecule has 0 aliphatic carbocycles. The molecule has 0 spiro atoms. The summed E-state index contributed by atoms with van der Waals surface area (Å²) in [4.78, 5) is 22.9. The van der Waals surface area contributed by atoms with Gasteiger partial charge in [-0.25, -0.2) is 19.4 Å². The van der Waals surface area contributed by atoms with Crippen LogP contribution in [0.2, 0.25) is 0 Å². The van der Waals surface area contributed by atoms with Crippen molar-refractivity contribution in [2.75, 3.05) is 19.6 Å². The number of nitrogens with one attached hydrogen (secondary N) is 2. The van der Waals surface area contributed by atoms with E-state index in [1.807, 2.05) is 12.1 Å². The van der Waals surface area contributed by atoms with Crippen molar-refractivity contribution in [2.45, 2.75) is 38.8 Å². The second kappa shape index (κ2) is 8.57. The normalized spacial score (nSPS) is 15.9. The molecule has 1 fully saturated rings. The molecule has 8 nitrogen and oxygen atoms in total. The summed E-state index contributed by atoms with van der Waals surface area (Å²) in [6.07, 6.45) is 8.31. The highest BCUT2D eigenvalue weighted by molar-refractivity contribution is 5.73. The predicted molar refractivity (Wildman–Crippen MR) is 94.3 cm³/mol. The van der Waals surface area contributed by atoms with E-state index in [1.165, 1.54) is 19.2 Å². The summed E-state index contributed by atoms with van der Waals surface area (Å²) in [5, 5.41) is 9.99. The molecule has 0 saturated carbocycles. The van der Waals surface area contributed by atoms with Crippen molar-refractivity contribution >= 4 is 6.03 Å². The molecule has 3 heterocycles. The number of aromatic nitrogens is 4. The Morgan fingerprint density at radius 3 is 2.88 bits per heavy atom. The van der Waals surface area contributed by atoms with Gasteiger partial charge in [-0.3, -0.25) is 4.90 Å². The van der Waals surface area contributed by atoms with Crippen LogP contribution in [0.25, 0.3) is 5.82 Å². The highest BCUT2D eigenvalue weighted by Crippen LogP contribution is 2.13. The second-order valence-electron chi connectivity index (χ2n) is 6.19. The van der Waals surface area contributed by atoms with E-state index in [-0.39, 0.29) is 6.03 Å². The van der Waals surface area contributed by atoms with E-state index >= 15 is 0 Å². The Balaban J connectivity index is 1.51. The van der Waals surface area contributed by atoms with Gasteiger partial charge in [-0.15, -0.1) is 0 Å². The maximum Gasteiger partial charge on any atom is 0.315 e. The van der Waals surface area contributed by atoms with Gasteiger partial charge in [0.05, 0.1) is 0 Å². The summed E-state index contributed by atoms with van der Waals surface area (Å²) in [6.45, 7) is 5.50. The summed E-state index contributed by atoms with van der Waals surface area (Å²) < 4.78 is 1.59. The van der Waals surface area contributed by atoms with Gasteiger partial charge >= 0.3 is 6.03 Å². The lowest BCUT2D eigenvalue weighted by Gasteiger charge is -2.26. The van der Waals surface area contributed by atoms with Crippen molar-refractivity contribution in [3.63, 3.8) is 0 Å². The highest BCUT2D eigenvalue weighted by Gasteiger charge is 2.20. The zero-order chi connectivity index (χ0) is 17.5. The Bertz CT molecular complexity index is 667. The molecule has 1 aliphatic rings. The summed E-state index contributed by atoms with van der Waals surface area (Å²) in [5.41, 5.74) is 0.884. The van der Waals surface area contributed by atoms with Crippen LogP contribution < -0.4 is 10.6 Å². The Morgan fingerprint density at radius 2 is 2.16 bits per heavy atom. The van der Waals surface area contributed by atoms with Gasteiger partial charge in [-0.2, -0.15) is 5.10 Å². The van der Waals surface area contributed by atoms with Gasteiger partial charge < -0.3 is 10.6 Å². The number of rotatable bonds is 7. The summed E-state index contributed by atoms with van der Waals surface area (Å²) >= 11 is 0. The van der Waals surface area contributed by atoms with Gasteiger partial charge in [0, 0.05) is 30.9 Å². The molecule has 1 saturated heterocycles. The van der Waals surface area contributed by atoms with Crippen LogP contribution in [0.4, 0.5) is 4.79 Å². The molecule has 2 aromatic heterocycles. The third-order valence-electron chi connectivity index (χ3n) is 4.57. The number of nitrogens with zero attached hydrogens (tertiary/aromatic N) is 5. The van der Waals surface area contributed by atoms with Gasteiger partial charge in [0.25, 0.3) is 0 Å². The lowest BCUT2D eigenvalue weighted by molar-refractivity contribution is 0.216. The molecule has 1 unspecified atom stereocenters. The van der Waals surface area contributed by atoms with Gasteiger partial charge in [0.2, 0.25) is 0 Å². The van der Waals surface area contributed by atoms with Gasteiger partial charge in [-0.05, 0) is 38.4 Å². The van der Waals surface area contributed by atoms with Crippen molar-refractivity contribution in [2.24, 2.45) is 0 Å². The molecule has 0 bridgehead atoms.